The van der Waals surface area contributed by atoms with Crippen molar-refractivity contribution >= 4 is 40.8 Å². The van der Waals surface area contributed by atoms with E-state index < -0.39 is 5.97 Å². The fourth-order valence-electron chi connectivity index (χ4n) is 1.60. The van der Waals surface area contributed by atoms with Gasteiger partial charge in [0.25, 0.3) is 0 Å². The van der Waals surface area contributed by atoms with Crippen molar-refractivity contribution in [2.75, 3.05) is 23.8 Å². The molecule has 0 saturated carbocycles. The molecule has 3 nitrogen and oxygen atoms in total. The van der Waals surface area contributed by atoms with Gasteiger partial charge in [0, 0.05) is 40.5 Å². The van der Waals surface area contributed by atoms with Crippen LogP contribution in [-0.4, -0.2) is 40.1 Å². The Morgan fingerprint density at radius 2 is 2.35 bits per heavy atom. The van der Waals surface area contributed by atoms with Crippen LogP contribution < -0.4 is 5.32 Å². The quantitative estimate of drug-likeness (QED) is 0.871. The van der Waals surface area contributed by atoms with Crippen molar-refractivity contribution in [1.82, 2.24) is 5.32 Å². The number of aromatic carboxylic acids is 1. The second kappa shape index (κ2) is 6.68. The summed E-state index contributed by atoms with van der Waals surface area (Å²) in [6, 6.07) is 3.57. The van der Waals surface area contributed by atoms with E-state index in [2.05, 4.69) is 5.32 Å². The Morgan fingerprint density at radius 3 is 3.00 bits per heavy atom. The van der Waals surface area contributed by atoms with Gasteiger partial charge in [-0.25, -0.2) is 4.79 Å². The zero-order valence-electron chi connectivity index (χ0n) is 9.35. The standard InChI is InChI=1S/C11H15NO2S3/c13-11(14)10-2-1-8(17-10)5-12-6-9-7-15-3-4-16-9/h1-2,9,12H,3-7H2,(H,13,14). The maximum absolute atomic E-state index is 10.7. The van der Waals surface area contributed by atoms with Crippen molar-refractivity contribution in [2.45, 2.75) is 11.8 Å². The molecule has 1 aliphatic heterocycles. The predicted octanol–water partition coefficient (Wildman–Crippen LogP) is 2.38. The van der Waals surface area contributed by atoms with Crippen LogP contribution in [0.2, 0.25) is 0 Å². The Kier molecular flexibility index (Phi) is 5.21. The number of carbonyl (C=O) groups is 1. The Balaban J connectivity index is 1.71. The van der Waals surface area contributed by atoms with Gasteiger partial charge < -0.3 is 10.4 Å². The molecule has 6 heteroatoms. The summed E-state index contributed by atoms with van der Waals surface area (Å²) >= 11 is 5.41. The molecule has 1 saturated heterocycles. The van der Waals surface area contributed by atoms with Gasteiger partial charge in [-0.15, -0.1) is 11.3 Å². The molecule has 1 atom stereocenters. The van der Waals surface area contributed by atoms with Crippen LogP contribution in [0.25, 0.3) is 0 Å². The summed E-state index contributed by atoms with van der Waals surface area (Å²) in [5.41, 5.74) is 0. The molecule has 0 aromatic carbocycles. The van der Waals surface area contributed by atoms with E-state index in [0.717, 1.165) is 18.0 Å². The molecular formula is C11H15NO2S3. The molecular weight excluding hydrogens is 274 g/mol. The van der Waals surface area contributed by atoms with Crippen molar-refractivity contribution in [2.24, 2.45) is 0 Å². The van der Waals surface area contributed by atoms with Crippen LogP contribution in [0, 0.1) is 0 Å². The average Bonchev–Trinajstić information content (AvgIpc) is 2.79. The molecule has 0 amide bonds. The molecule has 2 N–H and O–H groups in total. The normalized spacial score (nSPS) is 20.4. The lowest BCUT2D eigenvalue weighted by atomic mass is 10.4. The van der Waals surface area contributed by atoms with Gasteiger partial charge in [-0.05, 0) is 12.1 Å². The fraction of sp³-hybridized carbons (Fsp3) is 0.545. The van der Waals surface area contributed by atoms with Crippen LogP contribution >= 0.6 is 34.9 Å². The highest BCUT2D eigenvalue weighted by atomic mass is 32.2. The van der Waals surface area contributed by atoms with Crippen molar-refractivity contribution in [3.05, 3.63) is 21.9 Å². The largest absolute Gasteiger partial charge is 0.477 e. The zero-order chi connectivity index (χ0) is 12.1. The maximum Gasteiger partial charge on any atom is 0.345 e. The smallest absolute Gasteiger partial charge is 0.345 e. The third-order valence-corrected chi connectivity index (χ3v) is 6.35. The van der Waals surface area contributed by atoms with Gasteiger partial charge in [-0.3, -0.25) is 0 Å². The number of hydrogen-bond donors (Lipinski definition) is 2. The molecule has 1 aliphatic rings. The molecule has 1 fully saturated rings. The summed E-state index contributed by atoms with van der Waals surface area (Å²) < 4.78 is 0. The SMILES string of the molecule is O=C(O)c1ccc(CNCC2CSCCS2)s1. The summed E-state index contributed by atoms with van der Waals surface area (Å²) in [5, 5.41) is 12.9. The van der Waals surface area contributed by atoms with E-state index >= 15 is 0 Å². The fourth-order valence-corrected chi connectivity index (χ4v) is 5.06. The summed E-state index contributed by atoms with van der Waals surface area (Å²) in [7, 11) is 0. The maximum atomic E-state index is 10.7. The summed E-state index contributed by atoms with van der Waals surface area (Å²) in [6.07, 6.45) is 0. The molecule has 0 spiro atoms. The van der Waals surface area contributed by atoms with Gasteiger partial charge in [0.15, 0.2) is 0 Å². The summed E-state index contributed by atoms with van der Waals surface area (Å²) in [6.45, 7) is 1.79. The second-order valence-electron chi connectivity index (χ2n) is 3.77. The number of thiophene rings is 1. The Hall–Kier alpha value is -0.170. The molecule has 2 heterocycles. The molecule has 0 aliphatic carbocycles. The van der Waals surface area contributed by atoms with E-state index in [1.165, 1.54) is 28.6 Å². The van der Waals surface area contributed by atoms with Crippen LogP contribution in [0.4, 0.5) is 0 Å². The summed E-state index contributed by atoms with van der Waals surface area (Å²) in [5.74, 6) is 2.91. The Bertz CT molecular complexity index is 375. The lowest BCUT2D eigenvalue weighted by Gasteiger charge is -2.20. The number of carboxylic acids is 1. The number of rotatable bonds is 5. The highest BCUT2D eigenvalue weighted by Gasteiger charge is 2.13. The Labute approximate surface area is 113 Å². The van der Waals surface area contributed by atoms with Crippen LogP contribution in [0.15, 0.2) is 12.1 Å². The first-order chi connectivity index (χ1) is 8.25. The predicted molar refractivity (Wildman–Crippen MR) is 76.6 cm³/mol. The van der Waals surface area contributed by atoms with Gasteiger partial charge in [0.1, 0.15) is 4.88 Å². The highest BCUT2D eigenvalue weighted by molar-refractivity contribution is 8.06. The molecule has 1 aromatic heterocycles. The molecule has 2 rings (SSSR count). The van der Waals surface area contributed by atoms with Crippen molar-refractivity contribution in [3.63, 3.8) is 0 Å². The number of hydrogen-bond acceptors (Lipinski definition) is 5. The van der Waals surface area contributed by atoms with E-state index in [1.54, 1.807) is 6.07 Å². The summed E-state index contributed by atoms with van der Waals surface area (Å²) in [4.78, 5) is 12.2. The lowest BCUT2D eigenvalue weighted by Crippen LogP contribution is -2.28. The third kappa shape index (κ3) is 4.21. The van der Waals surface area contributed by atoms with Crippen LogP contribution in [0.1, 0.15) is 14.5 Å². The van der Waals surface area contributed by atoms with Crippen molar-refractivity contribution < 1.29 is 9.90 Å². The zero-order valence-corrected chi connectivity index (χ0v) is 11.8. The third-order valence-electron chi connectivity index (χ3n) is 2.43. The monoisotopic (exact) mass is 289 g/mol. The van der Waals surface area contributed by atoms with Crippen LogP contribution in [0.3, 0.4) is 0 Å². The van der Waals surface area contributed by atoms with Gasteiger partial charge in [-0.1, -0.05) is 0 Å². The molecule has 17 heavy (non-hydrogen) atoms. The van der Waals surface area contributed by atoms with Crippen LogP contribution in [0.5, 0.6) is 0 Å². The minimum absolute atomic E-state index is 0.421. The first kappa shape index (κ1) is 13.3. The van der Waals surface area contributed by atoms with Gasteiger partial charge >= 0.3 is 5.97 Å². The first-order valence-corrected chi connectivity index (χ1v) is 8.50. The average molecular weight is 289 g/mol. The van der Waals surface area contributed by atoms with E-state index in [9.17, 15) is 4.79 Å². The molecule has 0 bridgehead atoms. The Morgan fingerprint density at radius 1 is 1.47 bits per heavy atom. The highest BCUT2D eigenvalue weighted by Crippen LogP contribution is 2.23. The van der Waals surface area contributed by atoms with E-state index in [-0.39, 0.29) is 0 Å². The second-order valence-corrected chi connectivity index (χ2v) is 7.50. The first-order valence-electron chi connectivity index (χ1n) is 5.48. The minimum Gasteiger partial charge on any atom is -0.477 e. The van der Waals surface area contributed by atoms with Gasteiger partial charge in [0.05, 0.1) is 0 Å². The molecule has 1 aromatic rings. The van der Waals surface area contributed by atoms with Gasteiger partial charge in [0.2, 0.25) is 0 Å². The number of thioether (sulfide) groups is 2. The van der Waals surface area contributed by atoms with E-state index in [0.29, 0.717) is 10.1 Å². The molecule has 0 radical (unpaired) electrons. The molecule has 94 valence electrons. The number of nitrogens with one attached hydrogen (secondary N) is 1. The van der Waals surface area contributed by atoms with E-state index in [1.807, 2.05) is 29.6 Å². The van der Waals surface area contributed by atoms with Gasteiger partial charge in [-0.2, -0.15) is 23.5 Å². The minimum atomic E-state index is -0.833. The molecule has 1 unspecified atom stereocenters. The lowest BCUT2D eigenvalue weighted by molar-refractivity contribution is 0.0702. The number of carboxylic acid groups (broad SMARTS) is 1. The topological polar surface area (TPSA) is 49.3 Å². The van der Waals surface area contributed by atoms with Crippen LogP contribution in [-0.2, 0) is 6.54 Å². The van der Waals surface area contributed by atoms with Crippen molar-refractivity contribution in [3.8, 4) is 0 Å². The van der Waals surface area contributed by atoms with E-state index in [4.69, 9.17) is 5.11 Å². The van der Waals surface area contributed by atoms with Crippen molar-refractivity contribution in [1.29, 1.82) is 0 Å².